The third kappa shape index (κ3) is 2.28. The van der Waals surface area contributed by atoms with Crippen LogP contribution in [-0.2, 0) is 4.79 Å². The number of hydrogen-bond acceptors (Lipinski definition) is 2. The van der Waals surface area contributed by atoms with Crippen LogP contribution in [0.3, 0.4) is 0 Å². The van der Waals surface area contributed by atoms with Gasteiger partial charge in [-0.05, 0) is 74.5 Å². The predicted molar refractivity (Wildman–Crippen MR) is 79.6 cm³/mol. The van der Waals surface area contributed by atoms with E-state index in [0.717, 1.165) is 24.3 Å². The molecule has 4 saturated carbocycles. The Hall–Kier alpha value is -0.570. The monoisotopic (exact) mass is 279 g/mol. The number of rotatable bonds is 6. The van der Waals surface area contributed by atoms with Gasteiger partial charge in [-0.15, -0.1) is 0 Å². The van der Waals surface area contributed by atoms with Crippen molar-refractivity contribution in [2.24, 2.45) is 23.2 Å². The molecule has 114 valence electrons. The SMILES string of the molecule is CCC(CC)(NCC12CC3CC(CC(C3)C1)C2)C(=O)O. The Bertz CT molecular complexity index is 351. The minimum atomic E-state index is -0.705. The fraction of sp³-hybridized carbons (Fsp3) is 0.941. The van der Waals surface area contributed by atoms with Crippen molar-refractivity contribution < 1.29 is 9.90 Å². The molecule has 0 saturated heterocycles. The summed E-state index contributed by atoms with van der Waals surface area (Å²) in [6.07, 6.45) is 9.72. The van der Waals surface area contributed by atoms with Gasteiger partial charge in [0.2, 0.25) is 0 Å². The summed E-state index contributed by atoms with van der Waals surface area (Å²) in [6.45, 7) is 4.90. The van der Waals surface area contributed by atoms with Crippen LogP contribution >= 0.6 is 0 Å². The van der Waals surface area contributed by atoms with Gasteiger partial charge in [0.1, 0.15) is 5.54 Å². The van der Waals surface area contributed by atoms with Crippen molar-refractivity contribution in [1.82, 2.24) is 5.32 Å². The van der Waals surface area contributed by atoms with Crippen LogP contribution in [-0.4, -0.2) is 23.2 Å². The highest BCUT2D eigenvalue weighted by Gasteiger charge is 2.51. The van der Waals surface area contributed by atoms with E-state index < -0.39 is 11.5 Å². The van der Waals surface area contributed by atoms with Gasteiger partial charge in [0.25, 0.3) is 0 Å². The molecule has 4 fully saturated rings. The summed E-state index contributed by atoms with van der Waals surface area (Å²) in [5.74, 6) is 2.13. The molecule has 0 aromatic rings. The maximum atomic E-state index is 11.6. The fourth-order valence-electron chi connectivity index (χ4n) is 5.74. The van der Waals surface area contributed by atoms with Gasteiger partial charge in [0.15, 0.2) is 0 Å². The highest BCUT2D eigenvalue weighted by molar-refractivity contribution is 5.78. The number of carboxylic acids is 1. The molecule has 0 unspecified atom stereocenters. The Morgan fingerprint density at radius 1 is 1.10 bits per heavy atom. The van der Waals surface area contributed by atoms with Gasteiger partial charge in [0, 0.05) is 6.54 Å². The van der Waals surface area contributed by atoms with E-state index in [1.807, 2.05) is 13.8 Å². The molecule has 0 aromatic carbocycles. The smallest absolute Gasteiger partial charge is 0.323 e. The lowest BCUT2D eigenvalue weighted by molar-refractivity contribution is -0.146. The zero-order valence-electron chi connectivity index (χ0n) is 13.0. The largest absolute Gasteiger partial charge is 0.480 e. The molecule has 0 atom stereocenters. The van der Waals surface area contributed by atoms with E-state index in [2.05, 4.69) is 5.32 Å². The fourth-order valence-corrected chi connectivity index (χ4v) is 5.74. The van der Waals surface area contributed by atoms with Crippen molar-refractivity contribution in [3.05, 3.63) is 0 Å². The van der Waals surface area contributed by atoms with Gasteiger partial charge in [-0.3, -0.25) is 4.79 Å². The summed E-state index contributed by atoms with van der Waals surface area (Å²) >= 11 is 0. The number of nitrogens with one attached hydrogen (secondary N) is 1. The molecule has 3 nitrogen and oxygen atoms in total. The van der Waals surface area contributed by atoms with Gasteiger partial charge >= 0.3 is 5.97 Å². The van der Waals surface area contributed by atoms with Crippen LogP contribution in [0.2, 0.25) is 0 Å². The summed E-state index contributed by atoms with van der Waals surface area (Å²) < 4.78 is 0. The average molecular weight is 279 g/mol. The predicted octanol–water partition coefficient (Wildman–Crippen LogP) is 3.44. The standard InChI is InChI=1S/C17H29NO2/c1-3-17(4-2,15(19)20)18-11-16-8-12-5-13(9-16)7-14(6-12)10-16/h12-14,18H,3-11H2,1-2H3,(H,19,20). The second-order valence-corrected chi connectivity index (χ2v) is 7.87. The second-order valence-electron chi connectivity index (χ2n) is 7.87. The lowest BCUT2D eigenvalue weighted by Crippen LogP contribution is -2.57. The molecule has 4 rings (SSSR count). The highest BCUT2D eigenvalue weighted by atomic mass is 16.4. The second kappa shape index (κ2) is 5.01. The van der Waals surface area contributed by atoms with Crippen LogP contribution in [0.1, 0.15) is 65.2 Å². The molecule has 0 radical (unpaired) electrons. The molecule has 4 bridgehead atoms. The Morgan fingerprint density at radius 2 is 1.55 bits per heavy atom. The van der Waals surface area contributed by atoms with Crippen molar-refractivity contribution >= 4 is 5.97 Å². The molecule has 4 aliphatic carbocycles. The van der Waals surface area contributed by atoms with E-state index in [-0.39, 0.29) is 0 Å². The maximum absolute atomic E-state index is 11.6. The minimum Gasteiger partial charge on any atom is -0.480 e. The van der Waals surface area contributed by atoms with Gasteiger partial charge in [0.05, 0.1) is 0 Å². The van der Waals surface area contributed by atoms with Crippen molar-refractivity contribution in [2.75, 3.05) is 6.54 Å². The lowest BCUT2D eigenvalue weighted by atomic mass is 9.49. The van der Waals surface area contributed by atoms with E-state index in [1.54, 1.807) is 0 Å². The molecule has 0 heterocycles. The van der Waals surface area contributed by atoms with Gasteiger partial charge in [-0.1, -0.05) is 13.8 Å². The van der Waals surface area contributed by atoms with Crippen LogP contribution in [0.5, 0.6) is 0 Å². The summed E-state index contributed by atoms with van der Waals surface area (Å²) in [5.41, 5.74) is -0.289. The Kier molecular flexibility index (Phi) is 3.60. The number of carboxylic acid groups (broad SMARTS) is 1. The normalized spacial score (nSPS) is 39.2. The third-order valence-corrected chi connectivity index (χ3v) is 6.58. The number of carbonyl (C=O) groups is 1. The van der Waals surface area contributed by atoms with Crippen LogP contribution in [0.15, 0.2) is 0 Å². The molecular weight excluding hydrogens is 250 g/mol. The Morgan fingerprint density at radius 3 is 1.90 bits per heavy atom. The zero-order valence-corrected chi connectivity index (χ0v) is 13.0. The number of hydrogen-bond donors (Lipinski definition) is 2. The first-order chi connectivity index (χ1) is 9.51. The van der Waals surface area contributed by atoms with Gasteiger partial charge in [-0.25, -0.2) is 0 Å². The van der Waals surface area contributed by atoms with E-state index >= 15 is 0 Å². The Labute approximate surface area is 122 Å². The molecule has 0 amide bonds. The summed E-state index contributed by atoms with van der Waals surface area (Å²) in [4.78, 5) is 11.6. The minimum absolute atomic E-state index is 0.416. The molecule has 0 aliphatic heterocycles. The van der Waals surface area contributed by atoms with Crippen molar-refractivity contribution in [1.29, 1.82) is 0 Å². The van der Waals surface area contributed by atoms with Crippen LogP contribution < -0.4 is 5.32 Å². The Balaban J connectivity index is 1.70. The molecule has 0 aromatic heterocycles. The topological polar surface area (TPSA) is 49.3 Å². The molecule has 3 heteroatoms. The molecular formula is C17H29NO2. The van der Waals surface area contributed by atoms with E-state index in [1.165, 1.54) is 38.5 Å². The third-order valence-electron chi connectivity index (χ3n) is 6.58. The van der Waals surface area contributed by atoms with Gasteiger partial charge < -0.3 is 10.4 Å². The molecule has 2 N–H and O–H groups in total. The number of aliphatic carboxylic acids is 1. The maximum Gasteiger partial charge on any atom is 0.323 e. The van der Waals surface area contributed by atoms with Crippen LogP contribution in [0, 0.1) is 23.2 Å². The zero-order chi connectivity index (χ0) is 14.4. The summed E-state index contributed by atoms with van der Waals surface area (Å²) in [7, 11) is 0. The summed E-state index contributed by atoms with van der Waals surface area (Å²) in [6, 6.07) is 0. The molecule has 0 spiro atoms. The van der Waals surface area contributed by atoms with E-state index in [4.69, 9.17) is 0 Å². The quantitative estimate of drug-likeness (QED) is 0.783. The molecule has 20 heavy (non-hydrogen) atoms. The van der Waals surface area contributed by atoms with Crippen LogP contribution in [0.4, 0.5) is 0 Å². The average Bonchev–Trinajstić information content (AvgIpc) is 2.38. The summed E-state index contributed by atoms with van der Waals surface area (Å²) in [5, 5.41) is 13.1. The first-order valence-corrected chi connectivity index (χ1v) is 8.49. The van der Waals surface area contributed by atoms with Crippen molar-refractivity contribution in [3.8, 4) is 0 Å². The first-order valence-electron chi connectivity index (χ1n) is 8.49. The van der Waals surface area contributed by atoms with Crippen molar-refractivity contribution in [3.63, 3.8) is 0 Å². The molecule has 4 aliphatic rings. The van der Waals surface area contributed by atoms with Gasteiger partial charge in [-0.2, -0.15) is 0 Å². The highest BCUT2D eigenvalue weighted by Crippen LogP contribution is 2.59. The lowest BCUT2D eigenvalue weighted by Gasteiger charge is -2.57. The van der Waals surface area contributed by atoms with E-state index in [9.17, 15) is 9.90 Å². The first kappa shape index (κ1) is 14.4. The van der Waals surface area contributed by atoms with E-state index in [0.29, 0.717) is 18.3 Å². The van der Waals surface area contributed by atoms with Crippen LogP contribution in [0.25, 0.3) is 0 Å². The van der Waals surface area contributed by atoms with Crippen molar-refractivity contribution in [2.45, 2.75) is 70.8 Å².